The first-order chi connectivity index (χ1) is 9.08. The van der Waals surface area contributed by atoms with E-state index in [2.05, 4.69) is 15.0 Å². The molecule has 0 aliphatic heterocycles. The van der Waals surface area contributed by atoms with Gasteiger partial charge in [0.2, 0.25) is 0 Å². The standard InChI is InChI=1S/C11H8N4O4/c16-10-9(15(18)19)11(17)14-8(13-10)4-3-7-2-1-5-12-6-7/h1-6H,(H2,13,14,16,17)/b4-3-. The van der Waals surface area contributed by atoms with E-state index in [0.717, 1.165) is 5.56 Å². The number of hydrogen-bond donors (Lipinski definition) is 2. The fraction of sp³-hybridized carbons (Fsp3) is 0. The van der Waals surface area contributed by atoms with E-state index in [0.29, 0.717) is 0 Å². The van der Waals surface area contributed by atoms with Gasteiger partial charge in [-0.25, -0.2) is 0 Å². The van der Waals surface area contributed by atoms with Crippen LogP contribution in [-0.2, 0) is 0 Å². The minimum Gasteiger partial charge on any atom is -0.488 e. The Bertz CT molecular complexity index is 694. The second kappa shape index (κ2) is 5.08. The molecule has 8 heteroatoms. The van der Waals surface area contributed by atoms with Crippen LogP contribution in [0.4, 0.5) is 5.69 Å². The van der Waals surface area contributed by atoms with Gasteiger partial charge in [-0.3, -0.25) is 19.9 Å². The summed E-state index contributed by atoms with van der Waals surface area (Å²) in [5.41, 5.74) is -1.23. The van der Waals surface area contributed by atoms with Crippen molar-refractivity contribution < 1.29 is 10.0 Å². The topological polar surface area (TPSA) is 122 Å². The molecule has 0 saturated heterocycles. The van der Waals surface area contributed by atoms with Crippen molar-refractivity contribution in [2.24, 2.45) is 0 Å². The van der Waals surface area contributed by atoms with Crippen LogP contribution in [0.5, 0.6) is 5.88 Å². The zero-order valence-corrected chi connectivity index (χ0v) is 9.48. The molecule has 0 radical (unpaired) electrons. The summed E-state index contributed by atoms with van der Waals surface area (Å²) in [6, 6.07) is 3.50. The molecule has 0 bridgehead atoms. The van der Waals surface area contributed by atoms with Crippen LogP contribution >= 0.6 is 0 Å². The fourth-order valence-corrected chi connectivity index (χ4v) is 1.37. The summed E-state index contributed by atoms with van der Waals surface area (Å²) >= 11 is 0. The van der Waals surface area contributed by atoms with Crippen LogP contribution in [-0.4, -0.2) is 25.0 Å². The Morgan fingerprint density at radius 1 is 1.42 bits per heavy atom. The van der Waals surface area contributed by atoms with E-state index in [-0.39, 0.29) is 5.82 Å². The van der Waals surface area contributed by atoms with Gasteiger partial charge in [0.25, 0.3) is 5.88 Å². The number of hydrogen-bond acceptors (Lipinski definition) is 6. The molecule has 0 saturated carbocycles. The molecule has 19 heavy (non-hydrogen) atoms. The molecule has 2 N–H and O–H groups in total. The Morgan fingerprint density at radius 2 is 2.21 bits per heavy atom. The molecule has 0 fully saturated rings. The Kier molecular flexibility index (Phi) is 3.33. The summed E-state index contributed by atoms with van der Waals surface area (Å²) in [6.07, 6.45) is 6.19. The number of aromatic hydroxyl groups is 1. The second-order valence-corrected chi connectivity index (χ2v) is 3.50. The first-order valence-electron chi connectivity index (χ1n) is 5.13. The van der Waals surface area contributed by atoms with Gasteiger partial charge in [-0.1, -0.05) is 6.07 Å². The zero-order valence-electron chi connectivity index (χ0n) is 9.48. The molecule has 0 aromatic carbocycles. The van der Waals surface area contributed by atoms with Crippen molar-refractivity contribution in [3.05, 3.63) is 56.4 Å². The van der Waals surface area contributed by atoms with Crippen molar-refractivity contribution >= 4 is 17.8 Å². The van der Waals surface area contributed by atoms with Crippen LogP contribution in [0, 0.1) is 10.1 Å². The van der Waals surface area contributed by atoms with Crippen LogP contribution in [0.2, 0.25) is 0 Å². The molecule has 0 aliphatic rings. The summed E-state index contributed by atoms with van der Waals surface area (Å²) in [4.78, 5) is 30.5. The first-order valence-corrected chi connectivity index (χ1v) is 5.13. The molecular formula is C11H8N4O4. The van der Waals surface area contributed by atoms with Gasteiger partial charge in [0.1, 0.15) is 5.82 Å². The summed E-state index contributed by atoms with van der Waals surface area (Å²) in [5, 5.41) is 19.8. The lowest BCUT2D eigenvalue weighted by Gasteiger charge is -1.96. The lowest BCUT2D eigenvalue weighted by Crippen LogP contribution is -2.14. The second-order valence-electron chi connectivity index (χ2n) is 3.50. The number of nitrogens with one attached hydrogen (secondary N) is 1. The smallest absolute Gasteiger partial charge is 0.395 e. The van der Waals surface area contributed by atoms with Crippen LogP contribution in [0.15, 0.2) is 29.3 Å². The SMILES string of the molecule is O=c1[nH]c(/C=C\c2cccnc2)nc(O)c1[N+](=O)[O-]. The van der Waals surface area contributed by atoms with Gasteiger partial charge in [0.05, 0.1) is 4.92 Å². The Labute approximate surface area is 106 Å². The maximum Gasteiger partial charge on any atom is 0.395 e. The number of aromatic amines is 1. The summed E-state index contributed by atoms with van der Waals surface area (Å²) in [7, 11) is 0. The largest absolute Gasteiger partial charge is 0.488 e. The van der Waals surface area contributed by atoms with Gasteiger partial charge in [-0.05, 0) is 23.8 Å². The molecule has 0 aliphatic carbocycles. The predicted molar refractivity (Wildman–Crippen MR) is 66.3 cm³/mol. The average molecular weight is 260 g/mol. The highest BCUT2D eigenvalue weighted by atomic mass is 16.6. The van der Waals surface area contributed by atoms with E-state index >= 15 is 0 Å². The summed E-state index contributed by atoms with van der Waals surface area (Å²) in [6.45, 7) is 0. The van der Waals surface area contributed by atoms with Crippen LogP contribution in [0.25, 0.3) is 12.2 Å². The van der Waals surface area contributed by atoms with Gasteiger partial charge in [0, 0.05) is 12.4 Å². The third-order valence-corrected chi connectivity index (χ3v) is 2.20. The van der Waals surface area contributed by atoms with E-state index in [1.54, 1.807) is 30.6 Å². The molecule has 2 aromatic heterocycles. The van der Waals surface area contributed by atoms with E-state index in [1.165, 1.54) is 6.08 Å². The highest BCUT2D eigenvalue weighted by Gasteiger charge is 2.21. The quantitative estimate of drug-likeness (QED) is 0.625. The van der Waals surface area contributed by atoms with Crippen LogP contribution in [0.1, 0.15) is 11.4 Å². The minimum atomic E-state index is -1.01. The van der Waals surface area contributed by atoms with Gasteiger partial charge in [-0.15, -0.1) is 0 Å². The third kappa shape index (κ3) is 2.80. The number of rotatable bonds is 3. The van der Waals surface area contributed by atoms with E-state index in [9.17, 15) is 20.0 Å². The van der Waals surface area contributed by atoms with Crippen molar-refractivity contribution in [2.45, 2.75) is 0 Å². The highest BCUT2D eigenvalue weighted by molar-refractivity contribution is 5.66. The first kappa shape index (κ1) is 12.4. The molecule has 96 valence electrons. The number of pyridine rings is 1. The molecule has 0 atom stereocenters. The number of aromatic nitrogens is 3. The maximum atomic E-state index is 11.4. The number of nitrogens with zero attached hydrogens (tertiary/aromatic N) is 3. The highest BCUT2D eigenvalue weighted by Crippen LogP contribution is 2.17. The lowest BCUT2D eigenvalue weighted by atomic mass is 10.2. The van der Waals surface area contributed by atoms with E-state index in [1.807, 2.05) is 0 Å². The molecule has 2 rings (SSSR count). The number of nitro groups is 1. The van der Waals surface area contributed by atoms with Gasteiger partial charge < -0.3 is 10.1 Å². The van der Waals surface area contributed by atoms with Gasteiger partial charge >= 0.3 is 11.2 Å². The maximum absolute atomic E-state index is 11.4. The summed E-state index contributed by atoms with van der Waals surface area (Å²) < 4.78 is 0. The lowest BCUT2D eigenvalue weighted by molar-refractivity contribution is -0.387. The van der Waals surface area contributed by atoms with E-state index < -0.39 is 22.0 Å². The minimum absolute atomic E-state index is 0.0111. The van der Waals surface area contributed by atoms with Crippen molar-refractivity contribution in [1.29, 1.82) is 0 Å². The van der Waals surface area contributed by atoms with Crippen molar-refractivity contribution in [2.75, 3.05) is 0 Å². The Balaban J connectivity index is 2.36. The van der Waals surface area contributed by atoms with Crippen LogP contribution in [0.3, 0.4) is 0 Å². The Morgan fingerprint density at radius 3 is 2.79 bits per heavy atom. The normalized spacial score (nSPS) is 10.7. The summed E-state index contributed by atoms with van der Waals surface area (Å²) in [5.74, 6) is -0.906. The third-order valence-electron chi connectivity index (χ3n) is 2.20. The number of H-pyrrole nitrogens is 1. The average Bonchev–Trinajstić information content (AvgIpc) is 2.36. The zero-order chi connectivity index (χ0) is 13.8. The molecule has 2 aromatic rings. The van der Waals surface area contributed by atoms with Gasteiger partial charge in [-0.2, -0.15) is 4.98 Å². The monoisotopic (exact) mass is 260 g/mol. The van der Waals surface area contributed by atoms with Crippen molar-refractivity contribution in [3.8, 4) is 5.88 Å². The predicted octanol–water partition coefficient (Wildman–Crippen LogP) is 0.949. The molecule has 0 amide bonds. The van der Waals surface area contributed by atoms with Gasteiger partial charge in [0.15, 0.2) is 0 Å². The van der Waals surface area contributed by atoms with Crippen molar-refractivity contribution in [1.82, 2.24) is 15.0 Å². The van der Waals surface area contributed by atoms with E-state index in [4.69, 9.17) is 0 Å². The van der Waals surface area contributed by atoms with Crippen molar-refractivity contribution in [3.63, 3.8) is 0 Å². The van der Waals surface area contributed by atoms with Crippen LogP contribution < -0.4 is 5.56 Å². The molecule has 0 unspecified atom stereocenters. The Hall–Kier alpha value is -3.03. The molecular weight excluding hydrogens is 252 g/mol. The molecule has 8 nitrogen and oxygen atoms in total. The molecule has 2 heterocycles. The fourth-order valence-electron chi connectivity index (χ4n) is 1.37. The molecule has 0 spiro atoms.